The van der Waals surface area contributed by atoms with E-state index in [4.69, 9.17) is 0 Å². The van der Waals surface area contributed by atoms with Gasteiger partial charge in [-0.3, -0.25) is 0 Å². The van der Waals surface area contributed by atoms with Crippen molar-refractivity contribution in [3.63, 3.8) is 0 Å². The van der Waals surface area contributed by atoms with Crippen molar-refractivity contribution in [3.8, 4) is 0 Å². The van der Waals surface area contributed by atoms with E-state index < -0.39 is 12.8 Å². The maximum atomic E-state index is 13.1. The summed E-state index contributed by atoms with van der Waals surface area (Å²) in [5.41, 5.74) is 2.45. The monoisotopic (exact) mass is 342 g/mol. The molecule has 1 nitrogen and oxygen atoms in total. The van der Waals surface area contributed by atoms with Crippen LogP contribution >= 0.6 is 15.9 Å². The molecule has 0 amide bonds. The van der Waals surface area contributed by atoms with Crippen molar-refractivity contribution in [2.24, 2.45) is 0 Å². The lowest BCUT2D eigenvalue weighted by molar-refractivity contribution is -0.174. The van der Waals surface area contributed by atoms with Crippen LogP contribution in [0, 0.1) is 19.7 Å². The molecule has 1 rings (SSSR count). The normalized spacial score (nSPS) is 13.6. The predicted molar refractivity (Wildman–Crippen MR) is 69.0 cm³/mol. The summed E-state index contributed by atoms with van der Waals surface area (Å²) in [6, 6.07) is 2.82. The number of benzene rings is 1. The third kappa shape index (κ3) is 5.48. The molecule has 1 aromatic carbocycles. The Morgan fingerprint density at radius 1 is 1.21 bits per heavy atom. The zero-order valence-electron chi connectivity index (χ0n) is 10.7. The minimum Gasteiger partial charge on any atom is -0.372 e. The molecule has 1 aromatic rings. The molecule has 19 heavy (non-hydrogen) atoms. The van der Waals surface area contributed by atoms with Crippen LogP contribution < -0.4 is 0 Å². The maximum Gasteiger partial charge on any atom is 0.411 e. The molecule has 0 fully saturated rings. The van der Waals surface area contributed by atoms with Crippen molar-refractivity contribution in [3.05, 3.63) is 34.6 Å². The molecule has 0 spiro atoms. The zero-order chi connectivity index (χ0) is 14.6. The Bertz CT molecular complexity index is 408. The molecule has 6 heteroatoms. The molecule has 0 heterocycles. The second-order valence-electron chi connectivity index (χ2n) is 4.38. The van der Waals surface area contributed by atoms with Gasteiger partial charge in [0.1, 0.15) is 12.4 Å². The van der Waals surface area contributed by atoms with Crippen LogP contribution in [0.1, 0.15) is 27.9 Å². The topological polar surface area (TPSA) is 9.23 Å². The number of hydrogen-bond donors (Lipinski definition) is 0. The minimum absolute atomic E-state index is 0.00825. The van der Waals surface area contributed by atoms with E-state index in [1.807, 2.05) is 0 Å². The number of rotatable bonds is 5. The Balaban J connectivity index is 2.57. The van der Waals surface area contributed by atoms with Gasteiger partial charge in [-0.15, -0.1) is 0 Å². The molecule has 0 aliphatic rings. The lowest BCUT2D eigenvalue weighted by Crippen LogP contribution is -2.17. The highest BCUT2D eigenvalue weighted by Gasteiger charge is 2.27. The molecular formula is C13H15BrF4O. The highest BCUT2D eigenvalue weighted by molar-refractivity contribution is 9.09. The molecular weight excluding hydrogens is 328 g/mol. The number of halogens is 5. The lowest BCUT2D eigenvalue weighted by atomic mass is 9.98. The fraction of sp³-hybridized carbons (Fsp3) is 0.538. The van der Waals surface area contributed by atoms with Gasteiger partial charge in [-0.25, -0.2) is 4.39 Å². The van der Waals surface area contributed by atoms with Crippen LogP contribution in [-0.4, -0.2) is 19.4 Å². The number of alkyl halides is 4. The van der Waals surface area contributed by atoms with Gasteiger partial charge < -0.3 is 4.74 Å². The molecule has 0 bridgehead atoms. The molecule has 1 atom stereocenters. The highest BCUT2D eigenvalue weighted by atomic mass is 79.9. The predicted octanol–water partition coefficient (Wildman–Crippen LogP) is 4.85. The van der Waals surface area contributed by atoms with E-state index >= 15 is 0 Å². The first-order valence-electron chi connectivity index (χ1n) is 5.76. The standard InChI is InChI=1S/C13H15BrF4O/c1-8-5-10(15)6-9(2)12(8)11(14)3-4-19-7-13(16,17)18/h5-6,11H,3-4,7H2,1-2H3. The van der Waals surface area contributed by atoms with Gasteiger partial charge in [-0.2, -0.15) is 13.2 Å². The molecule has 1 unspecified atom stereocenters. The molecule has 0 N–H and O–H groups in total. The van der Waals surface area contributed by atoms with Crippen molar-refractivity contribution >= 4 is 15.9 Å². The van der Waals surface area contributed by atoms with E-state index in [1.54, 1.807) is 13.8 Å². The maximum absolute atomic E-state index is 13.1. The van der Waals surface area contributed by atoms with Gasteiger partial charge >= 0.3 is 6.18 Å². The smallest absolute Gasteiger partial charge is 0.372 e. The van der Waals surface area contributed by atoms with E-state index in [0.717, 1.165) is 16.7 Å². The molecule has 0 radical (unpaired) electrons. The van der Waals surface area contributed by atoms with E-state index in [9.17, 15) is 17.6 Å². The molecule has 0 aliphatic carbocycles. The fourth-order valence-electron chi connectivity index (χ4n) is 1.93. The summed E-state index contributed by atoms with van der Waals surface area (Å²) < 4.78 is 53.4. The first-order chi connectivity index (χ1) is 8.70. The SMILES string of the molecule is Cc1cc(F)cc(C)c1C(Br)CCOCC(F)(F)F. The Morgan fingerprint density at radius 2 is 1.74 bits per heavy atom. The van der Waals surface area contributed by atoms with Crippen LogP contribution in [-0.2, 0) is 4.74 Å². The van der Waals surface area contributed by atoms with Crippen LogP contribution in [0.2, 0.25) is 0 Å². The van der Waals surface area contributed by atoms with Gasteiger partial charge in [0.2, 0.25) is 0 Å². The Hall–Kier alpha value is -0.620. The molecule has 0 saturated carbocycles. The van der Waals surface area contributed by atoms with Gasteiger partial charge in [0.15, 0.2) is 0 Å². The van der Waals surface area contributed by atoms with E-state index in [0.29, 0.717) is 6.42 Å². The quantitative estimate of drug-likeness (QED) is 0.422. The second kappa shape index (κ2) is 6.70. The average molecular weight is 343 g/mol. The third-order valence-corrected chi connectivity index (χ3v) is 3.57. The van der Waals surface area contributed by atoms with Gasteiger partial charge in [0.05, 0.1) is 0 Å². The first kappa shape index (κ1) is 16.4. The van der Waals surface area contributed by atoms with Crippen LogP contribution in [0.15, 0.2) is 12.1 Å². The number of hydrogen-bond acceptors (Lipinski definition) is 1. The van der Waals surface area contributed by atoms with Gasteiger partial charge in [-0.05, 0) is 49.1 Å². The Kier molecular flexibility index (Phi) is 5.80. The summed E-state index contributed by atoms with van der Waals surface area (Å²) in [6.45, 7) is 2.30. The fourth-order valence-corrected chi connectivity index (χ4v) is 2.84. The van der Waals surface area contributed by atoms with Crippen molar-refractivity contribution in [1.82, 2.24) is 0 Å². The second-order valence-corrected chi connectivity index (χ2v) is 5.48. The average Bonchev–Trinajstić information content (AvgIpc) is 2.21. The summed E-state index contributed by atoms with van der Waals surface area (Å²) in [6.07, 6.45) is -3.91. The van der Waals surface area contributed by atoms with Crippen LogP contribution in [0.25, 0.3) is 0 Å². The molecule has 108 valence electrons. The molecule has 0 aliphatic heterocycles. The van der Waals surface area contributed by atoms with Gasteiger partial charge in [-0.1, -0.05) is 15.9 Å². The molecule has 0 saturated heterocycles. The van der Waals surface area contributed by atoms with Crippen molar-refractivity contribution in [2.45, 2.75) is 31.3 Å². The summed E-state index contributed by atoms with van der Waals surface area (Å²) in [7, 11) is 0. The van der Waals surface area contributed by atoms with Crippen LogP contribution in [0.5, 0.6) is 0 Å². The molecule has 0 aromatic heterocycles. The Morgan fingerprint density at radius 3 is 2.21 bits per heavy atom. The Labute approximate surface area is 118 Å². The van der Waals surface area contributed by atoms with Crippen molar-refractivity contribution in [1.29, 1.82) is 0 Å². The van der Waals surface area contributed by atoms with Crippen molar-refractivity contribution in [2.75, 3.05) is 13.2 Å². The van der Waals surface area contributed by atoms with E-state index in [-0.39, 0.29) is 17.3 Å². The third-order valence-electron chi connectivity index (χ3n) is 2.65. The van der Waals surface area contributed by atoms with E-state index in [1.165, 1.54) is 12.1 Å². The first-order valence-corrected chi connectivity index (χ1v) is 6.67. The van der Waals surface area contributed by atoms with Crippen molar-refractivity contribution < 1.29 is 22.3 Å². The summed E-state index contributed by atoms with van der Waals surface area (Å²) in [5, 5.41) is 0. The summed E-state index contributed by atoms with van der Waals surface area (Å²) in [5.74, 6) is -0.313. The summed E-state index contributed by atoms with van der Waals surface area (Å²) in [4.78, 5) is -0.152. The summed E-state index contributed by atoms with van der Waals surface area (Å²) >= 11 is 3.41. The zero-order valence-corrected chi connectivity index (χ0v) is 12.2. The van der Waals surface area contributed by atoms with Gasteiger partial charge in [0, 0.05) is 11.4 Å². The lowest BCUT2D eigenvalue weighted by Gasteiger charge is -2.16. The van der Waals surface area contributed by atoms with Gasteiger partial charge in [0.25, 0.3) is 0 Å². The van der Waals surface area contributed by atoms with E-state index in [2.05, 4.69) is 20.7 Å². The minimum atomic E-state index is -4.30. The number of aryl methyl sites for hydroxylation is 2. The number of ether oxygens (including phenoxy) is 1. The largest absolute Gasteiger partial charge is 0.411 e. The highest BCUT2D eigenvalue weighted by Crippen LogP contribution is 2.32. The van der Waals surface area contributed by atoms with Crippen LogP contribution in [0.4, 0.5) is 17.6 Å². The van der Waals surface area contributed by atoms with Crippen LogP contribution in [0.3, 0.4) is 0 Å².